The predicted molar refractivity (Wildman–Crippen MR) is 65.0 cm³/mol. The van der Waals surface area contributed by atoms with E-state index in [0.29, 0.717) is 16.2 Å². The Morgan fingerprint density at radius 3 is 3.00 bits per heavy atom. The van der Waals surface area contributed by atoms with Crippen molar-refractivity contribution in [3.63, 3.8) is 0 Å². The monoisotopic (exact) mass is 241 g/mol. The molecule has 2 heterocycles. The predicted octanol–water partition coefficient (Wildman–Crippen LogP) is 2.01. The van der Waals surface area contributed by atoms with Gasteiger partial charge >= 0.3 is 0 Å². The molecule has 0 bridgehead atoms. The van der Waals surface area contributed by atoms with E-state index in [1.807, 2.05) is 24.3 Å². The van der Waals surface area contributed by atoms with Gasteiger partial charge in [-0.05, 0) is 24.4 Å². The maximum absolute atomic E-state index is 8.67. The maximum Gasteiger partial charge on any atom is 0.221 e. The van der Waals surface area contributed by atoms with E-state index in [1.54, 1.807) is 4.52 Å². The number of aromatic amines is 1. The fourth-order valence-corrected chi connectivity index (χ4v) is 2.00. The number of para-hydroxylation sites is 1. The van der Waals surface area contributed by atoms with E-state index in [9.17, 15) is 0 Å². The molecular weight excluding hydrogens is 234 g/mol. The standard InChI is InChI=1S/C11H7N5S/c12-6-5-9-14-10-7-3-1-2-4-8(7)13-11(17)16(10)15-9/h1-4H,5H2,(H,14,15). The third kappa shape index (κ3) is 1.48. The largest absolute Gasteiger partial charge is 0.276 e. The van der Waals surface area contributed by atoms with Crippen LogP contribution in [0.1, 0.15) is 5.82 Å². The van der Waals surface area contributed by atoms with Gasteiger partial charge in [0, 0.05) is 5.39 Å². The molecule has 0 amide bonds. The van der Waals surface area contributed by atoms with Crippen LogP contribution in [0.25, 0.3) is 16.6 Å². The Bertz CT molecular complexity index is 808. The van der Waals surface area contributed by atoms with Crippen LogP contribution in [0.4, 0.5) is 0 Å². The van der Waals surface area contributed by atoms with Crippen molar-refractivity contribution in [2.24, 2.45) is 0 Å². The third-order valence-corrected chi connectivity index (χ3v) is 2.77. The highest BCUT2D eigenvalue weighted by Gasteiger charge is 2.07. The molecule has 0 spiro atoms. The van der Waals surface area contributed by atoms with E-state index in [2.05, 4.69) is 21.1 Å². The van der Waals surface area contributed by atoms with Gasteiger partial charge in [0.15, 0.2) is 5.65 Å². The number of nitrogens with one attached hydrogen (secondary N) is 1. The van der Waals surface area contributed by atoms with Crippen molar-refractivity contribution in [1.29, 1.82) is 5.26 Å². The van der Waals surface area contributed by atoms with E-state index in [-0.39, 0.29) is 6.42 Å². The highest BCUT2D eigenvalue weighted by Crippen LogP contribution is 2.16. The van der Waals surface area contributed by atoms with Crippen LogP contribution in [-0.2, 0) is 6.42 Å². The molecule has 2 aromatic heterocycles. The fraction of sp³-hybridized carbons (Fsp3) is 0.0909. The Balaban J connectivity index is 2.48. The molecule has 1 aromatic carbocycles. The number of aromatic nitrogens is 4. The Kier molecular flexibility index (Phi) is 2.13. The molecular formula is C11H7N5S. The first-order chi connectivity index (χ1) is 8.29. The second kappa shape index (κ2) is 3.64. The zero-order valence-electron chi connectivity index (χ0n) is 8.71. The summed E-state index contributed by atoms with van der Waals surface area (Å²) in [6.07, 6.45) is 0.227. The van der Waals surface area contributed by atoms with E-state index in [0.717, 1.165) is 10.9 Å². The van der Waals surface area contributed by atoms with Gasteiger partial charge in [0.1, 0.15) is 5.82 Å². The maximum atomic E-state index is 8.67. The average molecular weight is 241 g/mol. The van der Waals surface area contributed by atoms with Gasteiger partial charge in [-0.25, -0.2) is 14.5 Å². The Morgan fingerprint density at radius 2 is 2.18 bits per heavy atom. The molecule has 82 valence electrons. The van der Waals surface area contributed by atoms with Gasteiger partial charge in [-0.3, -0.25) is 5.10 Å². The molecule has 1 N–H and O–H groups in total. The Hall–Kier alpha value is -2.26. The zero-order valence-corrected chi connectivity index (χ0v) is 9.53. The highest BCUT2D eigenvalue weighted by atomic mass is 32.1. The van der Waals surface area contributed by atoms with Gasteiger partial charge in [0.2, 0.25) is 4.77 Å². The van der Waals surface area contributed by atoms with Crippen molar-refractivity contribution in [2.75, 3.05) is 0 Å². The number of benzene rings is 1. The average Bonchev–Trinajstić information content (AvgIpc) is 2.74. The van der Waals surface area contributed by atoms with E-state index in [1.165, 1.54) is 0 Å². The number of hydrogen-bond acceptors (Lipinski definition) is 4. The molecule has 0 radical (unpaired) electrons. The first kappa shape index (κ1) is 9.93. The van der Waals surface area contributed by atoms with Crippen molar-refractivity contribution in [3.05, 3.63) is 34.9 Å². The van der Waals surface area contributed by atoms with E-state index < -0.39 is 0 Å². The fourth-order valence-electron chi connectivity index (χ4n) is 1.77. The van der Waals surface area contributed by atoms with Crippen LogP contribution in [0.15, 0.2) is 24.3 Å². The molecule has 5 nitrogen and oxygen atoms in total. The van der Waals surface area contributed by atoms with Crippen LogP contribution in [0.2, 0.25) is 0 Å². The van der Waals surface area contributed by atoms with Crippen molar-refractivity contribution >= 4 is 28.8 Å². The summed E-state index contributed by atoms with van der Waals surface area (Å²) in [5.74, 6) is 0.594. The van der Waals surface area contributed by atoms with Gasteiger partial charge in [-0.1, -0.05) is 12.1 Å². The molecule has 17 heavy (non-hydrogen) atoms. The Labute approximate surface area is 101 Å². The quantitative estimate of drug-likeness (QED) is 0.661. The molecule has 0 aliphatic rings. The summed E-state index contributed by atoms with van der Waals surface area (Å²) < 4.78 is 2.04. The topological polar surface area (TPSA) is 69.8 Å². The second-order valence-corrected chi connectivity index (χ2v) is 3.94. The van der Waals surface area contributed by atoms with E-state index in [4.69, 9.17) is 17.5 Å². The summed E-state index contributed by atoms with van der Waals surface area (Å²) in [7, 11) is 0. The number of H-pyrrole nitrogens is 1. The number of hydrogen-bond donors (Lipinski definition) is 1. The normalized spacial score (nSPS) is 10.8. The minimum Gasteiger partial charge on any atom is -0.276 e. The summed E-state index contributed by atoms with van der Waals surface area (Å²) in [5, 5.41) is 12.6. The van der Waals surface area contributed by atoms with Crippen molar-refractivity contribution in [1.82, 2.24) is 19.6 Å². The first-order valence-electron chi connectivity index (χ1n) is 5.03. The van der Waals surface area contributed by atoms with Gasteiger partial charge in [-0.2, -0.15) is 5.26 Å². The lowest BCUT2D eigenvalue weighted by Crippen LogP contribution is -1.94. The smallest absolute Gasteiger partial charge is 0.221 e. The van der Waals surface area contributed by atoms with Crippen LogP contribution < -0.4 is 0 Å². The van der Waals surface area contributed by atoms with Gasteiger partial charge < -0.3 is 0 Å². The lowest BCUT2D eigenvalue weighted by Gasteiger charge is -1.97. The lowest BCUT2D eigenvalue weighted by molar-refractivity contribution is 0.878. The van der Waals surface area contributed by atoms with Crippen molar-refractivity contribution in [3.8, 4) is 6.07 Å². The lowest BCUT2D eigenvalue weighted by atomic mass is 10.2. The second-order valence-electron chi connectivity index (χ2n) is 3.58. The van der Waals surface area contributed by atoms with Crippen molar-refractivity contribution < 1.29 is 0 Å². The summed E-state index contributed by atoms with van der Waals surface area (Å²) >= 11 is 5.18. The SMILES string of the molecule is N#CCc1nc2c3ccccc3nc(=S)n2[nH]1. The van der Waals surface area contributed by atoms with Crippen LogP contribution in [0.5, 0.6) is 0 Å². The van der Waals surface area contributed by atoms with Crippen LogP contribution >= 0.6 is 12.2 Å². The number of rotatable bonds is 1. The number of nitrogens with zero attached hydrogens (tertiary/aromatic N) is 4. The molecule has 0 aliphatic carbocycles. The minimum atomic E-state index is 0.227. The molecule has 6 heteroatoms. The molecule has 0 saturated carbocycles. The number of nitriles is 1. The van der Waals surface area contributed by atoms with Crippen molar-refractivity contribution in [2.45, 2.75) is 6.42 Å². The third-order valence-electron chi connectivity index (χ3n) is 2.49. The summed E-state index contributed by atoms with van der Waals surface area (Å²) in [6, 6.07) is 9.71. The summed E-state index contributed by atoms with van der Waals surface area (Å²) in [4.78, 5) is 8.67. The molecule has 3 rings (SSSR count). The minimum absolute atomic E-state index is 0.227. The molecule has 0 unspecified atom stereocenters. The summed E-state index contributed by atoms with van der Waals surface area (Å²) in [6.45, 7) is 0. The molecule has 3 aromatic rings. The highest BCUT2D eigenvalue weighted by molar-refractivity contribution is 7.71. The molecule has 0 aliphatic heterocycles. The van der Waals surface area contributed by atoms with Gasteiger partial charge in [0.05, 0.1) is 18.0 Å². The first-order valence-corrected chi connectivity index (χ1v) is 5.44. The Morgan fingerprint density at radius 1 is 1.35 bits per heavy atom. The molecule has 0 atom stereocenters. The van der Waals surface area contributed by atoms with Crippen LogP contribution in [0.3, 0.4) is 0 Å². The van der Waals surface area contributed by atoms with Gasteiger partial charge in [-0.15, -0.1) is 0 Å². The summed E-state index contributed by atoms with van der Waals surface area (Å²) in [5.41, 5.74) is 1.53. The van der Waals surface area contributed by atoms with E-state index >= 15 is 0 Å². The van der Waals surface area contributed by atoms with Crippen LogP contribution in [-0.4, -0.2) is 19.6 Å². The molecule has 0 saturated heterocycles. The number of fused-ring (bicyclic) bond motifs is 3. The van der Waals surface area contributed by atoms with Gasteiger partial charge in [0.25, 0.3) is 0 Å². The molecule has 0 fully saturated rings. The van der Waals surface area contributed by atoms with Crippen LogP contribution in [0, 0.1) is 16.1 Å². The zero-order chi connectivity index (χ0) is 11.8.